The average molecular weight is 259 g/mol. The van der Waals surface area contributed by atoms with Gasteiger partial charge in [0, 0.05) is 17.4 Å². The van der Waals surface area contributed by atoms with E-state index in [0.717, 1.165) is 11.3 Å². The lowest BCUT2D eigenvalue weighted by atomic mass is 10.2. The van der Waals surface area contributed by atoms with E-state index in [1.807, 2.05) is 24.3 Å². The van der Waals surface area contributed by atoms with Crippen molar-refractivity contribution in [3.8, 4) is 18.4 Å². The Hall–Kier alpha value is -3.31. The Balaban J connectivity index is 2.09. The van der Waals surface area contributed by atoms with Gasteiger partial charge < -0.3 is 10.3 Å². The van der Waals surface area contributed by atoms with Gasteiger partial charge in [-0.2, -0.15) is 5.26 Å². The van der Waals surface area contributed by atoms with Crippen LogP contribution < -0.4 is 5.32 Å². The third-order valence-electron chi connectivity index (χ3n) is 2.88. The molecular formula is C15H9N5. The van der Waals surface area contributed by atoms with Crippen molar-refractivity contribution < 1.29 is 0 Å². The van der Waals surface area contributed by atoms with Crippen LogP contribution in [0.4, 0.5) is 11.5 Å². The molecule has 5 heteroatoms. The number of aromatic amines is 1. The van der Waals surface area contributed by atoms with Gasteiger partial charge in [0.15, 0.2) is 0 Å². The Kier molecular flexibility index (Phi) is 2.80. The molecule has 3 rings (SSSR count). The topological polar surface area (TPSA) is 77.4 Å². The van der Waals surface area contributed by atoms with E-state index >= 15 is 0 Å². The monoisotopic (exact) mass is 259 g/mol. The number of nitrogens with zero attached hydrogens (tertiary/aromatic N) is 3. The Morgan fingerprint density at radius 2 is 2.20 bits per heavy atom. The van der Waals surface area contributed by atoms with Gasteiger partial charge in [0.05, 0.1) is 10.9 Å². The number of aromatic nitrogens is 3. The molecule has 0 aliphatic carbocycles. The molecule has 3 aromatic rings. The maximum absolute atomic E-state index is 9.12. The Morgan fingerprint density at radius 1 is 1.30 bits per heavy atom. The van der Waals surface area contributed by atoms with E-state index in [1.54, 1.807) is 6.20 Å². The number of nitriles is 1. The summed E-state index contributed by atoms with van der Waals surface area (Å²) in [5, 5.41) is 12.9. The van der Waals surface area contributed by atoms with Gasteiger partial charge in [-0.15, -0.1) is 6.42 Å². The summed E-state index contributed by atoms with van der Waals surface area (Å²) < 4.78 is 0. The van der Waals surface area contributed by atoms with Gasteiger partial charge >= 0.3 is 0 Å². The van der Waals surface area contributed by atoms with Crippen LogP contribution in [0.2, 0.25) is 0 Å². The minimum atomic E-state index is 0.496. The molecule has 0 aliphatic heterocycles. The minimum absolute atomic E-state index is 0.496. The van der Waals surface area contributed by atoms with Crippen LogP contribution in [0.3, 0.4) is 0 Å². The van der Waals surface area contributed by atoms with Crippen molar-refractivity contribution in [1.29, 1.82) is 5.26 Å². The molecule has 0 unspecified atom stereocenters. The molecule has 0 amide bonds. The number of hydrogen-bond acceptors (Lipinski definition) is 4. The van der Waals surface area contributed by atoms with Crippen LogP contribution >= 0.6 is 0 Å². The summed E-state index contributed by atoms with van der Waals surface area (Å²) in [4.78, 5) is 11.2. The molecule has 0 saturated carbocycles. The zero-order valence-electron chi connectivity index (χ0n) is 10.4. The summed E-state index contributed by atoms with van der Waals surface area (Å²) >= 11 is 0. The predicted molar refractivity (Wildman–Crippen MR) is 76.3 cm³/mol. The van der Waals surface area contributed by atoms with Crippen molar-refractivity contribution in [3.63, 3.8) is 0 Å². The van der Waals surface area contributed by atoms with E-state index in [4.69, 9.17) is 11.7 Å². The maximum atomic E-state index is 9.12. The fourth-order valence-electron chi connectivity index (χ4n) is 1.97. The summed E-state index contributed by atoms with van der Waals surface area (Å²) in [6, 6.07) is 9.54. The van der Waals surface area contributed by atoms with Crippen molar-refractivity contribution in [3.05, 3.63) is 47.9 Å². The number of benzene rings is 1. The van der Waals surface area contributed by atoms with Gasteiger partial charge in [0.2, 0.25) is 0 Å². The number of fused-ring (bicyclic) bond motifs is 1. The highest BCUT2D eigenvalue weighted by Crippen LogP contribution is 2.25. The molecule has 94 valence electrons. The normalized spacial score (nSPS) is 9.90. The van der Waals surface area contributed by atoms with Gasteiger partial charge in [-0.1, -0.05) is 12.0 Å². The van der Waals surface area contributed by atoms with E-state index in [2.05, 4.69) is 32.3 Å². The first kappa shape index (κ1) is 11.8. The van der Waals surface area contributed by atoms with Crippen LogP contribution in [-0.2, 0) is 0 Å². The van der Waals surface area contributed by atoms with Crippen LogP contribution in [0.1, 0.15) is 11.1 Å². The summed E-state index contributed by atoms with van der Waals surface area (Å²) in [6.45, 7) is 0. The van der Waals surface area contributed by atoms with E-state index in [1.165, 1.54) is 6.33 Å². The average Bonchev–Trinajstić information content (AvgIpc) is 2.92. The second-order valence-electron chi connectivity index (χ2n) is 4.11. The molecular weight excluding hydrogens is 250 g/mol. The summed E-state index contributed by atoms with van der Waals surface area (Å²) in [5.41, 5.74) is 2.70. The third kappa shape index (κ3) is 1.94. The first-order valence-electron chi connectivity index (χ1n) is 5.87. The highest BCUT2D eigenvalue weighted by Gasteiger charge is 2.10. The molecule has 2 aromatic heterocycles. The fourth-order valence-corrected chi connectivity index (χ4v) is 1.97. The number of rotatable bonds is 2. The summed E-state index contributed by atoms with van der Waals surface area (Å²) in [5.74, 6) is 3.15. The number of anilines is 2. The van der Waals surface area contributed by atoms with Crippen molar-refractivity contribution in [2.45, 2.75) is 0 Å². The molecule has 0 saturated heterocycles. The van der Waals surface area contributed by atoms with Crippen LogP contribution in [0.5, 0.6) is 0 Å². The summed E-state index contributed by atoms with van der Waals surface area (Å²) in [6.07, 6.45) is 8.43. The molecule has 0 fully saturated rings. The van der Waals surface area contributed by atoms with Crippen molar-refractivity contribution in [2.75, 3.05) is 5.32 Å². The molecule has 0 bridgehead atoms. The Bertz CT molecular complexity index is 864. The molecule has 2 N–H and O–H groups in total. The van der Waals surface area contributed by atoms with E-state index in [-0.39, 0.29) is 0 Å². The van der Waals surface area contributed by atoms with E-state index in [9.17, 15) is 0 Å². The zero-order chi connectivity index (χ0) is 13.9. The minimum Gasteiger partial charge on any atom is -0.345 e. The predicted octanol–water partition coefficient (Wildman–Crippen LogP) is 2.55. The zero-order valence-corrected chi connectivity index (χ0v) is 10.4. The van der Waals surface area contributed by atoms with Crippen molar-refractivity contribution >= 4 is 22.5 Å². The largest absolute Gasteiger partial charge is 0.345 e. The molecule has 0 atom stereocenters. The molecule has 0 radical (unpaired) electrons. The number of H-pyrrole nitrogens is 1. The Labute approximate surface area is 115 Å². The smallest absolute Gasteiger partial charge is 0.144 e. The van der Waals surface area contributed by atoms with Gasteiger partial charge in [-0.05, 0) is 18.2 Å². The number of terminal acetylenes is 1. The van der Waals surface area contributed by atoms with Crippen molar-refractivity contribution in [2.24, 2.45) is 0 Å². The Morgan fingerprint density at radius 3 is 3.00 bits per heavy atom. The van der Waals surface area contributed by atoms with Gasteiger partial charge in [0.25, 0.3) is 0 Å². The third-order valence-corrected chi connectivity index (χ3v) is 2.88. The van der Waals surface area contributed by atoms with Crippen LogP contribution in [0, 0.1) is 23.7 Å². The SMILES string of the molecule is C#Cc1cccc(Nc2ncnc3[nH]cc(C#N)c23)c1. The van der Waals surface area contributed by atoms with Crippen molar-refractivity contribution in [1.82, 2.24) is 15.0 Å². The van der Waals surface area contributed by atoms with Gasteiger partial charge in [-0.3, -0.25) is 0 Å². The highest BCUT2D eigenvalue weighted by molar-refractivity contribution is 5.93. The number of hydrogen-bond donors (Lipinski definition) is 2. The second kappa shape index (κ2) is 4.75. The van der Waals surface area contributed by atoms with Gasteiger partial charge in [-0.25, -0.2) is 9.97 Å². The first-order chi connectivity index (χ1) is 9.81. The standard InChI is InChI=1S/C15H9N5/c1-2-10-4-3-5-12(6-10)20-15-13-11(7-16)8-17-14(13)18-9-19-15/h1,3-6,8-9H,(H2,17,18,19,20). The number of nitrogens with one attached hydrogen (secondary N) is 2. The molecule has 0 spiro atoms. The maximum Gasteiger partial charge on any atom is 0.144 e. The fraction of sp³-hybridized carbons (Fsp3) is 0. The molecule has 5 nitrogen and oxygen atoms in total. The van der Waals surface area contributed by atoms with Crippen LogP contribution in [0.15, 0.2) is 36.8 Å². The van der Waals surface area contributed by atoms with Crippen LogP contribution in [-0.4, -0.2) is 15.0 Å². The van der Waals surface area contributed by atoms with E-state index < -0.39 is 0 Å². The van der Waals surface area contributed by atoms with E-state index in [0.29, 0.717) is 22.4 Å². The quantitative estimate of drug-likeness (QED) is 0.693. The lowest BCUT2D eigenvalue weighted by molar-refractivity contribution is 1.20. The molecule has 0 aliphatic rings. The lowest BCUT2D eigenvalue weighted by Crippen LogP contribution is -1.96. The first-order valence-corrected chi connectivity index (χ1v) is 5.87. The highest BCUT2D eigenvalue weighted by atomic mass is 15.0. The molecule has 20 heavy (non-hydrogen) atoms. The van der Waals surface area contributed by atoms with Crippen LogP contribution in [0.25, 0.3) is 11.0 Å². The molecule has 1 aromatic carbocycles. The summed E-state index contributed by atoms with van der Waals surface area (Å²) in [7, 11) is 0. The van der Waals surface area contributed by atoms with Gasteiger partial charge in [0.1, 0.15) is 23.9 Å². The molecule has 2 heterocycles. The lowest BCUT2D eigenvalue weighted by Gasteiger charge is -2.07. The second-order valence-corrected chi connectivity index (χ2v) is 4.11.